The molecule has 0 spiro atoms. The third-order valence-corrected chi connectivity index (χ3v) is 7.31. The molecule has 0 N–H and O–H groups in total. The molecule has 0 bridgehead atoms. The van der Waals surface area contributed by atoms with Crippen LogP contribution in [0, 0.1) is 13.8 Å². The summed E-state index contributed by atoms with van der Waals surface area (Å²) in [6.07, 6.45) is 1.75. The Morgan fingerprint density at radius 1 is 0.714 bits per heavy atom. The monoisotopic (exact) mass is 480 g/mol. The highest BCUT2D eigenvalue weighted by molar-refractivity contribution is 6.69. The second kappa shape index (κ2) is 10.7. The van der Waals surface area contributed by atoms with E-state index in [0.717, 1.165) is 42.2 Å². The first-order chi connectivity index (χ1) is 16.7. The lowest BCUT2D eigenvalue weighted by Gasteiger charge is -2.17. The molecule has 0 saturated carbocycles. The number of aliphatic imine (C=N–C) groups is 2. The molecule has 0 aliphatic rings. The van der Waals surface area contributed by atoms with Gasteiger partial charge in [-0.3, -0.25) is 9.98 Å². The molecule has 0 aliphatic carbocycles. The molecule has 4 aromatic carbocycles. The summed E-state index contributed by atoms with van der Waals surface area (Å²) in [5.74, 6) is 0. The fourth-order valence-electron chi connectivity index (χ4n) is 4.33. The lowest BCUT2D eigenvalue weighted by atomic mass is 10.0. The largest absolute Gasteiger partial charge is 0.418 e. The Morgan fingerprint density at radius 3 is 1.77 bits per heavy atom. The van der Waals surface area contributed by atoms with Gasteiger partial charge in [0.05, 0.1) is 22.8 Å². The molecule has 0 radical (unpaired) electrons. The lowest BCUT2D eigenvalue weighted by molar-refractivity contribution is 0.307. The Bertz CT molecular complexity index is 1410. The van der Waals surface area contributed by atoms with Crippen LogP contribution in [0.4, 0.5) is 11.4 Å². The molecule has 0 saturated heterocycles. The van der Waals surface area contributed by atoms with Crippen LogP contribution in [0.1, 0.15) is 30.9 Å². The Labute approximate surface area is 210 Å². The van der Waals surface area contributed by atoms with E-state index in [1.54, 1.807) is 0 Å². The molecule has 4 aromatic rings. The van der Waals surface area contributed by atoms with Gasteiger partial charge in [-0.05, 0) is 75.2 Å². The van der Waals surface area contributed by atoms with Gasteiger partial charge >= 0.3 is 0 Å². The molecule has 0 aromatic heterocycles. The van der Waals surface area contributed by atoms with Crippen LogP contribution in [0.2, 0.25) is 19.6 Å². The molecule has 180 valence electrons. The maximum atomic E-state index is 6.14. The zero-order chi connectivity index (χ0) is 25.0. The highest BCUT2D eigenvalue weighted by atomic mass is 28.4. The quantitative estimate of drug-likeness (QED) is 0.141. The highest BCUT2D eigenvalue weighted by Gasteiger charge is 2.15. The van der Waals surface area contributed by atoms with Crippen molar-refractivity contribution in [1.82, 2.24) is 0 Å². The van der Waals surface area contributed by atoms with Gasteiger partial charge in [0.15, 0.2) is 8.32 Å². The highest BCUT2D eigenvalue weighted by Crippen LogP contribution is 2.32. The van der Waals surface area contributed by atoms with Crippen molar-refractivity contribution in [2.45, 2.75) is 53.3 Å². The fraction of sp³-hybridized carbons (Fsp3) is 0.290. The van der Waals surface area contributed by atoms with Gasteiger partial charge in [0.1, 0.15) is 0 Å². The number of benzene rings is 4. The Hall–Kier alpha value is -3.08. The second-order valence-corrected chi connectivity index (χ2v) is 14.7. The lowest BCUT2D eigenvalue weighted by Crippen LogP contribution is -2.26. The van der Waals surface area contributed by atoms with Crippen LogP contribution < -0.4 is 0 Å². The van der Waals surface area contributed by atoms with Gasteiger partial charge in [0, 0.05) is 17.4 Å². The molecule has 3 nitrogen and oxygen atoms in total. The van der Waals surface area contributed by atoms with E-state index in [9.17, 15) is 0 Å². The van der Waals surface area contributed by atoms with Crippen molar-refractivity contribution in [1.29, 1.82) is 0 Å². The summed E-state index contributed by atoms with van der Waals surface area (Å²) < 4.78 is 6.14. The molecule has 0 unspecified atom stereocenters. The van der Waals surface area contributed by atoms with E-state index in [1.807, 2.05) is 0 Å². The zero-order valence-corrected chi connectivity index (χ0v) is 22.9. The number of rotatable bonds is 8. The van der Waals surface area contributed by atoms with Crippen LogP contribution in [0.25, 0.3) is 21.5 Å². The van der Waals surface area contributed by atoms with Gasteiger partial charge in [-0.25, -0.2) is 0 Å². The SMILES string of the molecule is CC(=Nc1c(C)ccc2ccccc12)C(CCCO[Si](C)(C)C)=Nc1c(C)ccc2ccccc12. The van der Waals surface area contributed by atoms with Gasteiger partial charge < -0.3 is 4.43 Å². The summed E-state index contributed by atoms with van der Waals surface area (Å²) in [7, 11) is -1.54. The molecule has 0 atom stereocenters. The van der Waals surface area contributed by atoms with E-state index >= 15 is 0 Å². The first kappa shape index (κ1) is 25.0. The van der Waals surface area contributed by atoms with E-state index < -0.39 is 8.32 Å². The molecule has 35 heavy (non-hydrogen) atoms. The van der Waals surface area contributed by atoms with Gasteiger partial charge in [-0.15, -0.1) is 0 Å². The van der Waals surface area contributed by atoms with E-state index in [4.69, 9.17) is 14.4 Å². The predicted molar refractivity (Wildman–Crippen MR) is 156 cm³/mol. The smallest absolute Gasteiger partial charge is 0.183 e. The Balaban J connectivity index is 1.79. The fourth-order valence-corrected chi connectivity index (χ4v) is 5.08. The van der Waals surface area contributed by atoms with Crippen LogP contribution in [0.15, 0.2) is 82.8 Å². The topological polar surface area (TPSA) is 34.0 Å². The van der Waals surface area contributed by atoms with Gasteiger partial charge in [-0.1, -0.05) is 72.8 Å². The minimum absolute atomic E-state index is 0.754. The average Bonchev–Trinajstić information content (AvgIpc) is 2.83. The second-order valence-electron chi connectivity index (χ2n) is 10.2. The minimum atomic E-state index is -1.54. The van der Waals surface area contributed by atoms with Gasteiger partial charge in [0.2, 0.25) is 0 Å². The maximum absolute atomic E-state index is 6.14. The van der Waals surface area contributed by atoms with Crippen molar-refractivity contribution in [3.05, 3.63) is 83.9 Å². The first-order valence-corrected chi connectivity index (χ1v) is 15.9. The maximum Gasteiger partial charge on any atom is 0.183 e. The van der Waals surface area contributed by atoms with Crippen molar-refractivity contribution >= 4 is 52.7 Å². The van der Waals surface area contributed by atoms with E-state index in [-0.39, 0.29) is 0 Å². The molecular formula is C31H36N2OSi. The van der Waals surface area contributed by atoms with Crippen LogP contribution in [-0.2, 0) is 4.43 Å². The van der Waals surface area contributed by atoms with Crippen molar-refractivity contribution in [2.24, 2.45) is 9.98 Å². The summed E-state index contributed by atoms with van der Waals surface area (Å²) in [6.45, 7) is 13.8. The third-order valence-electron chi connectivity index (χ3n) is 6.24. The summed E-state index contributed by atoms with van der Waals surface area (Å²) in [5.41, 5.74) is 6.40. The van der Waals surface area contributed by atoms with Crippen LogP contribution in [0.5, 0.6) is 0 Å². The van der Waals surface area contributed by atoms with Crippen molar-refractivity contribution < 1.29 is 4.43 Å². The number of hydrogen-bond acceptors (Lipinski definition) is 3. The molecule has 0 heterocycles. The molecule has 0 fully saturated rings. The average molecular weight is 481 g/mol. The number of nitrogens with zero attached hydrogens (tertiary/aromatic N) is 2. The first-order valence-electron chi connectivity index (χ1n) is 12.5. The van der Waals surface area contributed by atoms with E-state index in [2.05, 4.69) is 113 Å². The predicted octanol–water partition coefficient (Wildman–Crippen LogP) is 9.11. The summed E-state index contributed by atoms with van der Waals surface area (Å²) in [6, 6.07) is 25.6. The minimum Gasteiger partial charge on any atom is -0.418 e. The summed E-state index contributed by atoms with van der Waals surface area (Å²) in [5, 5.41) is 4.77. The molecule has 0 amide bonds. The number of fused-ring (bicyclic) bond motifs is 2. The Morgan fingerprint density at radius 2 is 1.23 bits per heavy atom. The van der Waals surface area contributed by atoms with Crippen LogP contribution in [0.3, 0.4) is 0 Å². The van der Waals surface area contributed by atoms with Gasteiger partial charge in [-0.2, -0.15) is 0 Å². The third kappa shape index (κ3) is 6.13. The normalized spacial score (nSPS) is 13.1. The number of hydrogen-bond donors (Lipinski definition) is 0. The van der Waals surface area contributed by atoms with Crippen LogP contribution >= 0.6 is 0 Å². The molecular weight excluding hydrogens is 444 g/mol. The van der Waals surface area contributed by atoms with Crippen molar-refractivity contribution in [3.63, 3.8) is 0 Å². The van der Waals surface area contributed by atoms with E-state index in [1.165, 1.54) is 32.7 Å². The number of aryl methyl sites for hydroxylation is 2. The molecule has 4 heteroatoms. The standard InChI is InChI=1S/C31H36N2OSi/c1-22-17-19-25-12-7-9-14-27(25)30(22)32-24(3)29(16-11-21-34-35(4,5)6)33-31-23(2)18-20-26-13-8-10-15-28(26)31/h7-10,12-15,17-20H,11,16,21H2,1-6H3. The van der Waals surface area contributed by atoms with Crippen LogP contribution in [-0.4, -0.2) is 26.3 Å². The molecule has 4 rings (SSSR count). The van der Waals surface area contributed by atoms with Gasteiger partial charge in [0.25, 0.3) is 0 Å². The zero-order valence-electron chi connectivity index (χ0n) is 21.9. The van der Waals surface area contributed by atoms with E-state index in [0.29, 0.717) is 0 Å². The summed E-state index contributed by atoms with van der Waals surface area (Å²) >= 11 is 0. The summed E-state index contributed by atoms with van der Waals surface area (Å²) in [4.78, 5) is 10.4. The molecule has 0 aliphatic heterocycles. The Kier molecular flexibility index (Phi) is 7.63. The van der Waals surface area contributed by atoms with Crippen molar-refractivity contribution in [2.75, 3.05) is 6.61 Å². The van der Waals surface area contributed by atoms with Crippen molar-refractivity contribution in [3.8, 4) is 0 Å².